The van der Waals surface area contributed by atoms with E-state index in [0.29, 0.717) is 5.56 Å². The van der Waals surface area contributed by atoms with E-state index in [-0.39, 0.29) is 11.5 Å². The Hall–Kier alpha value is -2.65. The van der Waals surface area contributed by atoms with Gasteiger partial charge in [-0.2, -0.15) is 13.2 Å². The molecule has 0 unspecified atom stereocenters. The lowest BCUT2D eigenvalue weighted by molar-refractivity contribution is -0.274. The lowest BCUT2D eigenvalue weighted by Gasteiger charge is -2.12. The molecule has 2 N–H and O–H groups in total. The van der Waals surface area contributed by atoms with Crippen LogP contribution in [0, 0.1) is 0 Å². The predicted octanol–water partition coefficient (Wildman–Crippen LogP) is 4.33. The number of rotatable bonds is 4. The fourth-order valence-electron chi connectivity index (χ4n) is 1.75. The number of anilines is 1. The van der Waals surface area contributed by atoms with Crippen molar-refractivity contribution in [3.8, 4) is 22.8 Å². The van der Waals surface area contributed by atoms with E-state index in [0.717, 1.165) is 18.2 Å². The van der Waals surface area contributed by atoms with Gasteiger partial charge in [0.1, 0.15) is 12.3 Å². The number of hydrogen-bond acceptors (Lipinski definition) is 4. The first kappa shape index (κ1) is 17.7. The maximum Gasteiger partial charge on any atom is 0.573 e. The highest BCUT2D eigenvalue weighted by molar-refractivity contribution is 5.65. The van der Waals surface area contributed by atoms with E-state index in [2.05, 4.69) is 9.72 Å². The molecule has 0 aliphatic carbocycles. The monoisotopic (exact) mass is 352 g/mol. The molecule has 10 heteroatoms. The van der Waals surface area contributed by atoms with Crippen molar-refractivity contribution < 1.29 is 36.2 Å². The molecule has 0 amide bonds. The molecule has 0 spiro atoms. The Labute approximate surface area is 131 Å². The van der Waals surface area contributed by atoms with Crippen molar-refractivity contribution in [2.75, 3.05) is 11.9 Å². The van der Waals surface area contributed by atoms with Gasteiger partial charge in [0.15, 0.2) is 11.6 Å². The molecular formula is C14H10F6N2O2. The zero-order chi connectivity index (χ0) is 18.0. The van der Waals surface area contributed by atoms with Gasteiger partial charge in [0.05, 0.1) is 5.69 Å². The first-order chi connectivity index (χ1) is 11.0. The maximum atomic E-state index is 12.2. The van der Waals surface area contributed by atoms with E-state index in [4.69, 9.17) is 0 Å². The molecule has 130 valence electrons. The maximum absolute atomic E-state index is 12.2. The lowest BCUT2D eigenvalue weighted by Crippen LogP contribution is -2.21. The van der Waals surface area contributed by atoms with E-state index >= 15 is 0 Å². The summed E-state index contributed by atoms with van der Waals surface area (Å²) >= 11 is 0. The Kier molecular flexibility index (Phi) is 4.76. The minimum atomic E-state index is -4.83. The molecule has 0 atom stereocenters. The molecule has 0 fully saturated rings. The van der Waals surface area contributed by atoms with Crippen LogP contribution in [0.2, 0.25) is 0 Å². The quantitative estimate of drug-likeness (QED) is 0.805. The summed E-state index contributed by atoms with van der Waals surface area (Å²) < 4.78 is 76.6. The summed E-state index contributed by atoms with van der Waals surface area (Å²) in [6.07, 6.45) is -9.33. The fraction of sp³-hybridized carbons (Fsp3) is 0.214. The van der Waals surface area contributed by atoms with Crippen LogP contribution in [0.25, 0.3) is 11.3 Å². The molecular weight excluding hydrogens is 342 g/mol. The molecule has 4 nitrogen and oxygen atoms in total. The zero-order valence-electron chi connectivity index (χ0n) is 11.7. The number of aromatic nitrogens is 1. The van der Waals surface area contributed by atoms with Gasteiger partial charge in [-0.15, -0.1) is 13.2 Å². The van der Waals surface area contributed by atoms with Gasteiger partial charge in [0.2, 0.25) is 0 Å². The largest absolute Gasteiger partial charge is 0.573 e. The van der Waals surface area contributed by atoms with E-state index in [1.165, 1.54) is 18.2 Å². The molecule has 0 aliphatic rings. The van der Waals surface area contributed by atoms with Crippen molar-refractivity contribution in [2.45, 2.75) is 12.5 Å². The van der Waals surface area contributed by atoms with Crippen molar-refractivity contribution in [3.63, 3.8) is 0 Å². The molecule has 0 aliphatic heterocycles. The van der Waals surface area contributed by atoms with Crippen LogP contribution in [0.3, 0.4) is 0 Å². The van der Waals surface area contributed by atoms with E-state index in [1.807, 2.05) is 5.32 Å². The number of benzene rings is 1. The van der Waals surface area contributed by atoms with Gasteiger partial charge in [-0.1, -0.05) is 0 Å². The number of nitrogens with one attached hydrogen (secondary N) is 1. The molecule has 2 aromatic rings. The lowest BCUT2D eigenvalue weighted by atomic mass is 10.1. The highest BCUT2D eigenvalue weighted by Crippen LogP contribution is 2.29. The summed E-state index contributed by atoms with van der Waals surface area (Å²) in [5, 5.41) is 11.5. The van der Waals surface area contributed by atoms with Gasteiger partial charge in [-0.25, -0.2) is 4.98 Å². The van der Waals surface area contributed by atoms with Crippen molar-refractivity contribution in [1.82, 2.24) is 4.98 Å². The Morgan fingerprint density at radius 2 is 1.58 bits per heavy atom. The Balaban J connectivity index is 2.20. The first-order valence-corrected chi connectivity index (χ1v) is 6.40. The van der Waals surface area contributed by atoms with Crippen LogP contribution in [0.15, 0.2) is 36.4 Å². The van der Waals surface area contributed by atoms with Crippen LogP contribution in [-0.2, 0) is 0 Å². The second-order valence-corrected chi connectivity index (χ2v) is 4.61. The number of nitrogens with zero attached hydrogens (tertiary/aromatic N) is 1. The molecule has 24 heavy (non-hydrogen) atoms. The first-order valence-electron chi connectivity index (χ1n) is 6.40. The zero-order valence-corrected chi connectivity index (χ0v) is 11.7. The van der Waals surface area contributed by atoms with Crippen LogP contribution in [-0.4, -0.2) is 29.2 Å². The van der Waals surface area contributed by atoms with Gasteiger partial charge in [0, 0.05) is 5.56 Å². The van der Waals surface area contributed by atoms with Crippen molar-refractivity contribution in [1.29, 1.82) is 0 Å². The molecule has 2 rings (SSSR count). The Morgan fingerprint density at radius 3 is 2.12 bits per heavy atom. The summed E-state index contributed by atoms with van der Waals surface area (Å²) in [4.78, 5) is 3.83. The van der Waals surface area contributed by atoms with Crippen LogP contribution >= 0.6 is 0 Å². The SMILES string of the molecule is Oc1ccc(-c2ccc(OC(F)(F)F)cc2)nc1NCC(F)(F)F. The van der Waals surface area contributed by atoms with Gasteiger partial charge in [0.25, 0.3) is 0 Å². The number of aromatic hydroxyl groups is 1. The second kappa shape index (κ2) is 6.46. The average Bonchev–Trinajstić information content (AvgIpc) is 2.45. The van der Waals surface area contributed by atoms with Gasteiger partial charge in [-0.3, -0.25) is 0 Å². The van der Waals surface area contributed by atoms with E-state index < -0.39 is 30.6 Å². The molecule has 1 aromatic carbocycles. The van der Waals surface area contributed by atoms with Crippen LogP contribution in [0.1, 0.15) is 0 Å². The topological polar surface area (TPSA) is 54.4 Å². The number of pyridine rings is 1. The van der Waals surface area contributed by atoms with Gasteiger partial charge >= 0.3 is 12.5 Å². The predicted molar refractivity (Wildman–Crippen MR) is 72.6 cm³/mol. The third-order valence-corrected chi connectivity index (χ3v) is 2.71. The van der Waals surface area contributed by atoms with E-state index in [9.17, 15) is 31.4 Å². The molecule has 1 aromatic heterocycles. The smallest absolute Gasteiger partial charge is 0.504 e. The average molecular weight is 352 g/mol. The summed E-state index contributed by atoms with van der Waals surface area (Å²) in [5.41, 5.74) is 0.496. The van der Waals surface area contributed by atoms with Crippen LogP contribution in [0.5, 0.6) is 11.5 Å². The number of ether oxygens (including phenoxy) is 1. The summed E-state index contributed by atoms with van der Waals surface area (Å²) in [5.74, 6) is -1.32. The normalized spacial score (nSPS) is 12.1. The molecule has 0 saturated heterocycles. The van der Waals surface area contributed by atoms with Gasteiger partial charge < -0.3 is 15.2 Å². The molecule has 0 bridgehead atoms. The molecule has 0 saturated carbocycles. The number of hydrogen-bond donors (Lipinski definition) is 2. The van der Waals surface area contributed by atoms with E-state index in [1.54, 1.807) is 0 Å². The highest BCUT2D eigenvalue weighted by atomic mass is 19.4. The van der Waals surface area contributed by atoms with Crippen molar-refractivity contribution in [2.24, 2.45) is 0 Å². The fourth-order valence-corrected chi connectivity index (χ4v) is 1.75. The molecule has 1 heterocycles. The Morgan fingerprint density at radius 1 is 0.958 bits per heavy atom. The minimum Gasteiger partial charge on any atom is -0.504 e. The standard InChI is InChI=1S/C14H10F6N2O2/c15-13(16,17)7-21-12-11(23)6-5-10(22-12)8-1-3-9(4-2-8)24-14(18,19)20/h1-6,23H,7H2,(H,21,22). The second-order valence-electron chi connectivity index (χ2n) is 4.61. The molecule has 0 radical (unpaired) electrons. The minimum absolute atomic E-state index is 0.163. The number of halogens is 6. The summed E-state index contributed by atoms with van der Waals surface area (Å²) in [7, 11) is 0. The van der Waals surface area contributed by atoms with Crippen molar-refractivity contribution in [3.05, 3.63) is 36.4 Å². The highest BCUT2D eigenvalue weighted by Gasteiger charge is 2.31. The third kappa shape index (κ3) is 5.21. The summed E-state index contributed by atoms with van der Waals surface area (Å²) in [6, 6.07) is 7.04. The third-order valence-electron chi connectivity index (χ3n) is 2.71. The Bertz CT molecular complexity index is 698. The number of alkyl halides is 6. The van der Waals surface area contributed by atoms with Gasteiger partial charge in [-0.05, 0) is 36.4 Å². The van der Waals surface area contributed by atoms with Crippen LogP contribution in [0.4, 0.5) is 32.2 Å². The van der Waals surface area contributed by atoms with Crippen molar-refractivity contribution >= 4 is 5.82 Å². The summed E-state index contributed by atoms with van der Waals surface area (Å²) in [6.45, 7) is -1.39. The van der Waals surface area contributed by atoms with Crippen LogP contribution < -0.4 is 10.1 Å².